The quantitative estimate of drug-likeness (QED) is 0.627. The maximum Gasteiger partial charge on any atom is 0.161 e. The van der Waals surface area contributed by atoms with Gasteiger partial charge in [-0.1, -0.05) is 12.1 Å². The van der Waals surface area contributed by atoms with Crippen molar-refractivity contribution < 1.29 is 14.6 Å². The van der Waals surface area contributed by atoms with Crippen molar-refractivity contribution in [1.29, 1.82) is 0 Å². The van der Waals surface area contributed by atoms with Crippen molar-refractivity contribution in [2.24, 2.45) is 10.2 Å². The molecule has 2 aromatic rings. The Hall–Kier alpha value is -2.82. The number of ether oxygens (including phenoxy) is 2. The van der Waals surface area contributed by atoms with Crippen LogP contribution in [0, 0.1) is 0 Å². The summed E-state index contributed by atoms with van der Waals surface area (Å²) in [6.45, 7) is 5.00. The molecule has 0 aliphatic heterocycles. The van der Waals surface area contributed by atoms with E-state index in [2.05, 4.69) is 10.2 Å². The van der Waals surface area contributed by atoms with Gasteiger partial charge in [-0.3, -0.25) is 0 Å². The predicted molar refractivity (Wildman–Crippen MR) is 92.1 cm³/mol. The summed E-state index contributed by atoms with van der Waals surface area (Å²) in [7, 11) is 0. The van der Waals surface area contributed by atoms with Gasteiger partial charge in [0, 0.05) is 5.56 Å². The van der Waals surface area contributed by atoms with Gasteiger partial charge in [0.15, 0.2) is 11.5 Å². The molecule has 0 aliphatic carbocycles. The number of para-hydroxylation sites is 1. The standard InChI is InChI=1S/C18H20N2O3/c1-3-22-17-10-9-14(11-18(17)23-4-2)12-19-20-13-15-7-5-6-8-16(15)21/h5-13,21H,3-4H2,1-2H3/b19-12+,20-13+. The lowest BCUT2D eigenvalue weighted by Gasteiger charge is -2.10. The molecule has 0 saturated heterocycles. The smallest absolute Gasteiger partial charge is 0.161 e. The number of phenols is 1. The molecular weight excluding hydrogens is 292 g/mol. The first-order chi connectivity index (χ1) is 11.2. The summed E-state index contributed by atoms with van der Waals surface area (Å²) >= 11 is 0. The maximum absolute atomic E-state index is 9.63. The van der Waals surface area contributed by atoms with Gasteiger partial charge in [0.1, 0.15) is 5.75 Å². The Labute approximate surface area is 135 Å². The fourth-order valence-electron chi connectivity index (χ4n) is 1.94. The zero-order chi connectivity index (χ0) is 16.5. The molecule has 0 fully saturated rings. The molecule has 0 aromatic heterocycles. The van der Waals surface area contributed by atoms with Crippen molar-refractivity contribution >= 4 is 12.4 Å². The first-order valence-corrected chi connectivity index (χ1v) is 7.48. The molecule has 0 saturated carbocycles. The van der Waals surface area contributed by atoms with Crippen LogP contribution in [-0.4, -0.2) is 30.7 Å². The first kappa shape index (κ1) is 16.5. The topological polar surface area (TPSA) is 63.4 Å². The van der Waals surface area contributed by atoms with Crippen LogP contribution in [0.5, 0.6) is 17.2 Å². The molecular formula is C18H20N2O3. The van der Waals surface area contributed by atoms with Gasteiger partial charge in [-0.05, 0) is 49.7 Å². The number of benzene rings is 2. The van der Waals surface area contributed by atoms with E-state index in [1.165, 1.54) is 6.21 Å². The van der Waals surface area contributed by atoms with E-state index in [0.717, 1.165) is 5.56 Å². The molecule has 5 nitrogen and oxygen atoms in total. The minimum Gasteiger partial charge on any atom is -0.507 e. The molecule has 2 rings (SSSR count). The summed E-state index contributed by atoms with van der Waals surface area (Å²) in [4.78, 5) is 0. The van der Waals surface area contributed by atoms with Crippen molar-refractivity contribution in [2.75, 3.05) is 13.2 Å². The van der Waals surface area contributed by atoms with Crippen LogP contribution in [0.3, 0.4) is 0 Å². The van der Waals surface area contributed by atoms with E-state index in [4.69, 9.17) is 9.47 Å². The molecule has 1 N–H and O–H groups in total. The van der Waals surface area contributed by atoms with Gasteiger partial charge in [0.05, 0.1) is 25.6 Å². The molecule has 0 unspecified atom stereocenters. The number of phenolic OH excluding ortho intramolecular Hbond substituents is 1. The van der Waals surface area contributed by atoms with Gasteiger partial charge >= 0.3 is 0 Å². The number of nitrogens with zero attached hydrogens (tertiary/aromatic N) is 2. The lowest BCUT2D eigenvalue weighted by Crippen LogP contribution is -1.99. The fraction of sp³-hybridized carbons (Fsp3) is 0.222. The second-order valence-corrected chi connectivity index (χ2v) is 4.62. The van der Waals surface area contributed by atoms with Crippen LogP contribution in [0.15, 0.2) is 52.7 Å². The molecule has 0 spiro atoms. The van der Waals surface area contributed by atoms with Crippen LogP contribution >= 0.6 is 0 Å². The van der Waals surface area contributed by atoms with Crippen LogP contribution < -0.4 is 9.47 Å². The largest absolute Gasteiger partial charge is 0.507 e. The predicted octanol–water partition coefficient (Wildman–Crippen LogP) is 3.64. The van der Waals surface area contributed by atoms with Gasteiger partial charge in [-0.2, -0.15) is 10.2 Å². The fourth-order valence-corrected chi connectivity index (χ4v) is 1.94. The highest BCUT2D eigenvalue weighted by molar-refractivity contribution is 5.85. The molecule has 0 bridgehead atoms. The van der Waals surface area contributed by atoms with Crippen molar-refractivity contribution in [2.45, 2.75) is 13.8 Å². The maximum atomic E-state index is 9.63. The lowest BCUT2D eigenvalue weighted by molar-refractivity contribution is 0.288. The van der Waals surface area contributed by atoms with E-state index in [9.17, 15) is 5.11 Å². The number of rotatable bonds is 7. The molecule has 5 heteroatoms. The Morgan fingerprint density at radius 1 is 0.913 bits per heavy atom. The average Bonchev–Trinajstić information content (AvgIpc) is 2.56. The molecule has 23 heavy (non-hydrogen) atoms. The summed E-state index contributed by atoms with van der Waals surface area (Å²) in [5.41, 5.74) is 1.47. The van der Waals surface area contributed by atoms with Gasteiger partial charge in [-0.25, -0.2) is 0 Å². The van der Waals surface area contributed by atoms with Crippen LogP contribution in [-0.2, 0) is 0 Å². The van der Waals surface area contributed by atoms with Crippen LogP contribution in [0.2, 0.25) is 0 Å². The second kappa shape index (κ2) is 8.58. The van der Waals surface area contributed by atoms with E-state index in [0.29, 0.717) is 30.3 Å². The monoisotopic (exact) mass is 312 g/mol. The van der Waals surface area contributed by atoms with E-state index in [1.807, 2.05) is 38.1 Å². The van der Waals surface area contributed by atoms with Crippen LogP contribution in [0.25, 0.3) is 0 Å². The number of hydrogen-bond donors (Lipinski definition) is 1. The van der Waals surface area contributed by atoms with E-state index in [-0.39, 0.29) is 5.75 Å². The third-order valence-electron chi connectivity index (χ3n) is 2.97. The van der Waals surface area contributed by atoms with Crippen molar-refractivity contribution in [3.8, 4) is 17.2 Å². The van der Waals surface area contributed by atoms with Crippen molar-refractivity contribution in [1.82, 2.24) is 0 Å². The molecule has 0 aliphatic rings. The second-order valence-electron chi connectivity index (χ2n) is 4.62. The third kappa shape index (κ3) is 4.85. The highest BCUT2D eigenvalue weighted by Gasteiger charge is 2.04. The van der Waals surface area contributed by atoms with E-state index in [1.54, 1.807) is 24.4 Å². The van der Waals surface area contributed by atoms with E-state index >= 15 is 0 Å². The zero-order valence-corrected chi connectivity index (χ0v) is 13.3. The van der Waals surface area contributed by atoms with Gasteiger partial charge < -0.3 is 14.6 Å². The number of hydrogen-bond acceptors (Lipinski definition) is 5. The Morgan fingerprint density at radius 2 is 1.61 bits per heavy atom. The summed E-state index contributed by atoms with van der Waals surface area (Å²) in [5, 5.41) is 17.6. The number of aromatic hydroxyl groups is 1. The lowest BCUT2D eigenvalue weighted by atomic mass is 10.2. The molecule has 0 atom stereocenters. The zero-order valence-electron chi connectivity index (χ0n) is 13.3. The van der Waals surface area contributed by atoms with Gasteiger partial charge in [0.25, 0.3) is 0 Å². The highest BCUT2D eigenvalue weighted by Crippen LogP contribution is 2.28. The molecule has 0 radical (unpaired) electrons. The normalized spacial score (nSPS) is 11.2. The highest BCUT2D eigenvalue weighted by atomic mass is 16.5. The summed E-state index contributed by atoms with van der Waals surface area (Å²) < 4.78 is 11.1. The molecule has 2 aromatic carbocycles. The Morgan fingerprint density at radius 3 is 2.35 bits per heavy atom. The van der Waals surface area contributed by atoms with Crippen molar-refractivity contribution in [3.05, 3.63) is 53.6 Å². The van der Waals surface area contributed by atoms with E-state index < -0.39 is 0 Å². The van der Waals surface area contributed by atoms with Gasteiger partial charge in [0.2, 0.25) is 0 Å². The minimum atomic E-state index is 0.172. The first-order valence-electron chi connectivity index (χ1n) is 7.48. The summed E-state index contributed by atoms with van der Waals surface area (Å²) in [6.07, 6.45) is 3.12. The van der Waals surface area contributed by atoms with Crippen molar-refractivity contribution in [3.63, 3.8) is 0 Å². The minimum absolute atomic E-state index is 0.172. The molecule has 120 valence electrons. The van der Waals surface area contributed by atoms with Gasteiger partial charge in [-0.15, -0.1) is 0 Å². The SMILES string of the molecule is CCOc1ccc(/C=N/N=C/c2ccccc2O)cc1OCC. The molecule has 0 heterocycles. The third-order valence-corrected chi connectivity index (χ3v) is 2.97. The Bertz CT molecular complexity index is 696. The van der Waals surface area contributed by atoms with Crippen LogP contribution in [0.4, 0.5) is 0 Å². The molecule has 0 amide bonds. The average molecular weight is 312 g/mol. The summed E-state index contributed by atoms with van der Waals surface area (Å²) in [6, 6.07) is 12.5. The summed E-state index contributed by atoms with van der Waals surface area (Å²) in [5.74, 6) is 1.57. The Balaban J connectivity index is 2.10. The van der Waals surface area contributed by atoms with Crippen LogP contribution in [0.1, 0.15) is 25.0 Å². The Kier molecular flexibility index (Phi) is 6.17.